The van der Waals surface area contributed by atoms with E-state index >= 15 is 0 Å². The summed E-state index contributed by atoms with van der Waals surface area (Å²) in [7, 11) is 0. The van der Waals surface area contributed by atoms with Gasteiger partial charge < -0.3 is 10.2 Å². The maximum Gasteiger partial charge on any atom is 0.336 e. The van der Waals surface area contributed by atoms with E-state index in [1.165, 1.54) is 6.07 Å². The minimum Gasteiger partial charge on any atom is -0.478 e. The Hall–Kier alpha value is -1.88. The van der Waals surface area contributed by atoms with Crippen molar-refractivity contribution in [3.63, 3.8) is 0 Å². The van der Waals surface area contributed by atoms with Crippen LogP contribution >= 0.6 is 15.9 Å². The normalized spacial score (nSPS) is 10.4. The number of carboxylic acid groups (broad SMARTS) is 2. The number of rotatable bonds is 2. The molecule has 17 heavy (non-hydrogen) atoms. The maximum absolute atomic E-state index is 11.0. The fourth-order valence-electron chi connectivity index (χ4n) is 1.68. The average molecular weight is 295 g/mol. The van der Waals surface area contributed by atoms with Crippen molar-refractivity contribution in [2.45, 2.75) is 0 Å². The van der Waals surface area contributed by atoms with E-state index < -0.39 is 11.9 Å². The Labute approximate surface area is 105 Å². The number of fused-ring (bicyclic) bond motifs is 1. The topological polar surface area (TPSA) is 74.6 Å². The van der Waals surface area contributed by atoms with Crippen LogP contribution in [0.1, 0.15) is 20.7 Å². The molecule has 0 bridgehead atoms. The van der Waals surface area contributed by atoms with Gasteiger partial charge in [0.15, 0.2) is 0 Å². The first-order valence-corrected chi connectivity index (χ1v) is 5.49. The van der Waals surface area contributed by atoms with Crippen LogP contribution in [0.5, 0.6) is 0 Å². The smallest absolute Gasteiger partial charge is 0.336 e. The molecule has 0 fully saturated rings. The zero-order valence-corrected chi connectivity index (χ0v) is 10.1. The van der Waals surface area contributed by atoms with E-state index in [0.717, 1.165) is 4.47 Å². The Balaban J connectivity index is 2.81. The molecular weight excluding hydrogens is 288 g/mol. The number of halogens is 1. The predicted molar refractivity (Wildman–Crippen MR) is 64.7 cm³/mol. The van der Waals surface area contributed by atoms with Gasteiger partial charge in [0.05, 0.1) is 11.1 Å². The Bertz CT molecular complexity index is 543. The van der Waals surface area contributed by atoms with Gasteiger partial charge in [-0.05, 0) is 29.3 Å². The molecular formula is C12H7BrO4. The summed E-state index contributed by atoms with van der Waals surface area (Å²) < 4.78 is 0.751. The van der Waals surface area contributed by atoms with Crippen molar-refractivity contribution in [3.05, 3.63) is 45.9 Å². The van der Waals surface area contributed by atoms with E-state index in [4.69, 9.17) is 10.2 Å². The van der Waals surface area contributed by atoms with Crippen LogP contribution in [0, 0.1) is 0 Å². The van der Waals surface area contributed by atoms with Gasteiger partial charge in [-0.25, -0.2) is 9.59 Å². The summed E-state index contributed by atoms with van der Waals surface area (Å²) >= 11 is 3.25. The highest BCUT2D eigenvalue weighted by molar-refractivity contribution is 9.10. The lowest BCUT2D eigenvalue weighted by atomic mass is 10.1. The van der Waals surface area contributed by atoms with E-state index in [0.29, 0.717) is 11.1 Å². The van der Waals surface area contributed by atoms with Crippen LogP contribution in [0.3, 0.4) is 0 Å². The second kappa shape index (κ2) is 4.18. The number of carbonyl (C=O) groups is 2. The standard InChI is InChI=1S/C12H7BrO4/c13-6-1-3-7-8(4-2-6)10(12(16)17)5-9(7)11(14)15/h1-5H,(H,14,15)(H,16,17). The highest BCUT2D eigenvalue weighted by Gasteiger charge is 2.22. The molecule has 2 rings (SSSR count). The van der Waals surface area contributed by atoms with Gasteiger partial charge in [-0.15, -0.1) is 0 Å². The molecule has 0 radical (unpaired) electrons. The third-order valence-corrected chi connectivity index (χ3v) is 2.97. The SMILES string of the molecule is O=C(O)c1cc(C(=O)O)c2ccc(Br)ccc1-2. The van der Waals surface area contributed by atoms with Gasteiger partial charge in [0, 0.05) is 4.47 Å². The number of carboxylic acids is 2. The van der Waals surface area contributed by atoms with Crippen molar-refractivity contribution >= 4 is 27.9 Å². The van der Waals surface area contributed by atoms with Crippen molar-refractivity contribution in [2.24, 2.45) is 0 Å². The molecule has 0 aliphatic heterocycles. The highest BCUT2D eigenvalue weighted by atomic mass is 79.9. The molecule has 0 aromatic carbocycles. The summed E-state index contributed by atoms with van der Waals surface area (Å²) in [5, 5.41) is 18.0. The molecule has 2 aliphatic rings. The summed E-state index contributed by atoms with van der Waals surface area (Å²) in [6.07, 6.45) is 0. The summed E-state index contributed by atoms with van der Waals surface area (Å²) in [6.45, 7) is 0. The van der Waals surface area contributed by atoms with Gasteiger partial charge >= 0.3 is 11.9 Å². The summed E-state index contributed by atoms with van der Waals surface area (Å²) in [4.78, 5) is 22.1. The molecule has 4 nitrogen and oxygen atoms in total. The molecule has 0 atom stereocenters. The van der Waals surface area contributed by atoms with E-state index in [9.17, 15) is 9.59 Å². The lowest BCUT2D eigenvalue weighted by molar-refractivity contribution is 0.0694. The first kappa shape index (κ1) is 11.6. The Morgan fingerprint density at radius 2 is 1.29 bits per heavy atom. The molecule has 0 amide bonds. The molecule has 0 spiro atoms. The van der Waals surface area contributed by atoms with Crippen LogP contribution in [-0.4, -0.2) is 22.2 Å². The second-order valence-electron chi connectivity index (χ2n) is 3.46. The summed E-state index contributed by atoms with van der Waals surface area (Å²) in [6, 6.07) is 7.73. The number of aromatic carboxylic acids is 2. The van der Waals surface area contributed by atoms with Crippen molar-refractivity contribution in [1.82, 2.24) is 0 Å². The third-order valence-electron chi connectivity index (χ3n) is 2.44. The molecule has 0 unspecified atom stereocenters. The summed E-state index contributed by atoms with van der Waals surface area (Å²) in [5.74, 6) is -2.27. The molecule has 2 N–H and O–H groups in total. The third kappa shape index (κ3) is 2.01. The maximum atomic E-state index is 11.0. The van der Waals surface area contributed by atoms with Crippen LogP contribution in [0.4, 0.5) is 0 Å². The van der Waals surface area contributed by atoms with Crippen LogP contribution < -0.4 is 0 Å². The van der Waals surface area contributed by atoms with Gasteiger partial charge in [-0.1, -0.05) is 28.1 Å². The Morgan fingerprint density at radius 3 is 1.65 bits per heavy atom. The molecule has 0 saturated heterocycles. The molecule has 0 heterocycles. The fraction of sp³-hybridized carbons (Fsp3) is 0. The highest BCUT2D eigenvalue weighted by Crippen LogP contribution is 2.32. The van der Waals surface area contributed by atoms with Gasteiger partial charge in [-0.3, -0.25) is 0 Å². The number of hydrogen-bond acceptors (Lipinski definition) is 2. The van der Waals surface area contributed by atoms with Crippen molar-refractivity contribution in [3.8, 4) is 11.1 Å². The van der Waals surface area contributed by atoms with Crippen LogP contribution in [0.15, 0.2) is 34.8 Å². The van der Waals surface area contributed by atoms with Crippen molar-refractivity contribution in [1.29, 1.82) is 0 Å². The quantitative estimate of drug-likeness (QED) is 0.893. The molecule has 0 aromatic heterocycles. The molecule has 0 saturated carbocycles. The van der Waals surface area contributed by atoms with Gasteiger partial charge in [0.1, 0.15) is 0 Å². The lowest BCUT2D eigenvalue weighted by Gasteiger charge is -1.96. The monoisotopic (exact) mass is 294 g/mol. The van der Waals surface area contributed by atoms with Crippen molar-refractivity contribution < 1.29 is 19.8 Å². The predicted octanol–water partition coefficient (Wildman–Crippen LogP) is 2.95. The minimum atomic E-state index is -1.13. The zero-order valence-electron chi connectivity index (χ0n) is 8.48. The largest absolute Gasteiger partial charge is 0.478 e. The van der Waals surface area contributed by atoms with Gasteiger partial charge in [0.25, 0.3) is 0 Å². The zero-order chi connectivity index (χ0) is 12.6. The van der Waals surface area contributed by atoms with Crippen LogP contribution in [-0.2, 0) is 0 Å². The summed E-state index contributed by atoms with van der Waals surface area (Å²) in [5.41, 5.74) is 0.835. The van der Waals surface area contributed by atoms with E-state index in [-0.39, 0.29) is 11.1 Å². The first-order chi connectivity index (χ1) is 8.00. The van der Waals surface area contributed by atoms with Crippen LogP contribution in [0.25, 0.3) is 11.1 Å². The molecule has 86 valence electrons. The first-order valence-electron chi connectivity index (χ1n) is 4.69. The number of hydrogen-bond donors (Lipinski definition) is 2. The molecule has 5 heteroatoms. The van der Waals surface area contributed by atoms with Gasteiger partial charge in [0.2, 0.25) is 0 Å². The van der Waals surface area contributed by atoms with E-state index in [2.05, 4.69) is 15.9 Å². The minimum absolute atomic E-state index is 0.000463. The second-order valence-corrected chi connectivity index (χ2v) is 4.38. The fourth-order valence-corrected chi connectivity index (χ4v) is 1.95. The lowest BCUT2D eigenvalue weighted by Crippen LogP contribution is -1.95. The molecule has 0 aromatic rings. The molecule has 2 aliphatic carbocycles. The van der Waals surface area contributed by atoms with E-state index in [1.807, 2.05) is 0 Å². The van der Waals surface area contributed by atoms with Crippen molar-refractivity contribution in [2.75, 3.05) is 0 Å². The van der Waals surface area contributed by atoms with Gasteiger partial charge in [-0.2, -0.15) is 0 Å². The van der Waals surface area contributed by atoms with Crippen LogP contribution in [0.2, 0.25) is 0 Å². The Morgan fingerprint density at radius 1 is 0.882 bits per heavy atom. The average Bonchev–Trinajstić information content (AvgIpc) is 2.52. The Kier molecular flexibility index (Phi) is 2.85. The van der Waals surface area contributed by atoms with E-state index in [1.54, 1.807) is 24.3 Å².